The Hall–Kier alpha value is -1.63. The number of nitrogens with one attached hydrogen (secondary N) is 1. The van der Waals surface area contributed by atoms with Crippen LogP contribution >= 0.6 is 22.9 Å². The number of carbonyl (C=O) groups is 1. The number of anilines is 1. The molecule has 23 heavy (non-hydrogen) atoms. The Morgan fingerprint density at radius 3 is 2.78 bits per heavy atom. The van der Waals surface area contributed by atoms with Crippen LogP contribution in [0.25, 0.3) is 0 Å². The molecular weight excluding hydrogens is 332 g/mol. The predicted molar refractivity (Wildman–Crippen MR) is 95.7 cm³/mol. The van der Waals surface area contributed by atoms with Gasteiger partial charge in [0.25, 0.3) is 0 Å². The molecule has 7 heteroatoms. The van der Waals surface area contributed by atoms with Crippen molar-refractivity contribution in [3.8, 4) is 0 Å². The van der Waals surface area contributed by atoms with Crippen LogP contribution in [0, 0.1) is 0 Å². The average Bonchev–Trinajstić information content (AvgIpc) is 2.92. The van der Waals surface area contributed by atoms with Crippen LogP contribution in [0.15, 0.2) is 29.6 Å². The van der Waals surface area contributed by atoms with E-state index in [1.165, 1.54) is 11.3 Å². The van der Waals surface area contributed by atoms with Crippen molar-refractivity contribution in [2.24, 2.45) is 0 Å². The summed E-state index contributed by atoms with van der Waals surface area (Å²) in [4.78, 5) is 18.2. The summed E-state index contributed by atoms with van der Waals surface area (Å²) in [6.07, 6.45) is 0.990. The minimum atomic E-state index is -0.00419. The van der Waals surface area contributed by atoms with Crippen LogP contribution in [0.1, 0.15) is 23.7 Å². The van der Waals surface area contributed by atoms with Crippen molar-refractivity contribution in [3.63, 3.8) is 0 Å². The molecule has 0 bridgehead atoms. The number of nitrogens with two attached hydrogens (primary N) is 1. The number of benzene rings is 1. The van der Waals surface area contributed by atoms with E-state index in [9.17, 15) is 4.79 Å². The van der Waals surface area contributed by atoms with E-state index in [2.05, 4.69) is 10.3 Å². The molecule has 0 unspecified atom stereocenters. The van der Waals surface area contributed by atoms with Crippen molar-refractivity contribution in [2.45, 2.75) is 18.9 Å². The molecule has 1 aromatic carbocycles. The van der Waals surface area contributed by atoms with Gasteiger partial charge in [0.2, 0.25) is 5.91 Å². The smallest absolute Gasteiger partial charge is 0.220 e. The molecule has 1 amide bonds. The van der Waals surface area contributed by atoms with Gasteiger partial charge < -0.3 is 16.0 Å². The fourth-order valence-electron chi connectivity index (χ4n) is 2.29. The van der Waals surface area contributed by atoms with E-state index in [1.807, 2.05) is 48.6 Å². The molecule has 0 spiro atoms. The van der Waals surface area contributed by atoms with Crippen LogP contribution in [0.5, 0.6) is 0 Å². The van der Waals surface area contributed by atoms with Gasteiger partial charge in [0.05, 0.1) is 11.7 Å². The molecule has 0 fully saturated rings. The first-order valence-electron chi connectivity index (χ1n) is 7.35. The van der Waals surface area contributed by atoms with Crippen molar-refractivity contribution in [1.29, 1.82) is 0 Å². The first-order chi connectivity index (χ1) is 11.0. The fourth-order valence-corrected chi connectivity index (χ4v) is 3.15. The number of aryl methyl sites for hydroxylation is 1. The molecule has 1 heterocycles. The Kier molecular flexibility index (Phi) is 6.38. The van der Waals surface area contributed by atoms with Gasteiger partial charge in [-0.2, -0.15) is 0 Å². The van der Waals surface area contributed by atoms with Crippen molar-refractivity contribution in [3.05, 3.63) is 45.9 Å². The molecule has 0 saturated heterocycles. The third-order valence-electron chi connectivity index (χ3n) is 3.56. The number of nitrogens with zero attached hydrogens (tertiary/aromatic N) is 2. The molecule has 1 aromatic heterocycles. The molecule has 1 atom stereocenters. The lowest BCUT2D eigenvalue weighted by molar-refractivity contribution is -0.121. The monoisotopic (exact) mass is 352 g/mol. The average molecular weight is 353 g/mol. The lowest BCUT2D eigenvalue weighted by Gasteiger charge is -2.26. The number of nitrogen functional groups attached to an aromatic ring is 1. The molecule has 3 N–H and O–H groups in total. The molecule has 0 aliphatic carbocycles. The van der Waals surface area contributed by atoms with Gasteiger partial charge >= 0.3 is 0 Å². The third-order valence-corrected chi connectivity index (χ3v) is 4.62. The van der Waals surface area contributed by atoms with Crippen LogP contribution < -0.4 is 11.1 Å². The van der Waals surface area contributed by atoms with E-state index >= 15 is 0 Å². The Bertz CT molecular complexity index is 659. The number of hydrogen-bond donors (Lipinski definition) is 2. The minimum Gasteiger partial charge on any atom is -0.375 e. The van der Waals surface area contributed by atoms with Gasteiger partial charge in [0.15, 0.2) is 5.13 Å². The molecule has 0 radical (unpaired) electrons. The maximum absolute atomic E-state index is 12.0. The van der Waals surface area contributed by atoms with Gasteiger partial charge in [-0.25, -0.2) is 4.98 Å². The molecule has 2 rings (SSSR count). The molecule has 124 valence electrons. The highest BCUT2D eigenvalue weighted by Gasteiger charge is 2.17. The summed E-state index contributed by atoms with van der Waals surface area (Å²) in [7, 11) is 3.94. The number of halogens is 1. The highest BCUT2D eigenvalue weighted by molar-refractivity contribution is 7.13. The Morgan fingerprint density at radius 2 is 2.17 bits per heavy atom. The van der Waals surface area contributed by atoms with Gasteiger partial charge in [-0.1, -0.05) is 29.8 Å². The zero-order chi connectivity index (χ0) is 16.8. The number of hydrogen-bond acceptors (Lipinski definition) is 5. The van der Waals surface area contributed by atoms with E-state index < -0.39 is 0 Å². The second-order valence-corrected chi connectivity index (χ2v) is 6.78. The van der Waals surface area contributed by atoms with Crippen LogP contribution in [-0.2, 0) is 11.2 Å². The van der Waals surface area contributed by atoms with Gasteiger partial charge in [0, 0.05) is 23.4 Å². The SMILES string of the molecule is CN(C)[C@H](CNC(=O)CCc1csc(N)n1)c1ccccc1Cl. The summed E-state index contributed by atoms with van der Waals surface area (Å²) >= 11 is 7.65. The maximum atomic E-state index is 12.0. The van der Waals surface area contributed by atoms with Crippen LogP contribution in [0.2, 0.25) is 5.02 Å². The summed E-state index contributed by atoms with van der Waals surface area (Å²) < 4.78 is 0. The summed E-state index contributed by atoms with van der Waals surface area (Å²) in [5.74, 6) is -0.00419. The van der Waals surface area contributed by atoms with Crippen molar-refractivity contribution in [2.75, 3.05) is 26.4 Å². The van der Waals surface area contributed by atoms with E-state index in [4.69, 9.17) is 17.3 Å². The summed E-state index contributed by atoms with van der Waals surface area (Å²) in [6.45, 7) is 0.509. The first-order valence-corrected chi connectivity index (χ1v) is 8.60. The second-order valence-electron chi connectivity index (χ2n) is 5.48. The number of rotatable bonds is 7. The van der Waals surface area contributed by atoms with Gasteiger partial charge in [-0.3, -0.25) is 4.79 Å². The van der Waals surface area contributed by atoms with E-state index in [0.29, 0.717) is 29.5 Å². The number of carbonyl (C=O) groups excluding carboxylic acids is 1. The molecule has 2 aromatic rings. The van der Waals surface area contributed by atoms with Crippen molar-refractivity contribution in [1.82, 2.24) is 15.2 Å². The molecular formula is C16H21ClN4OS. The highest BCUT2D eigenvalue weighted by atomic mass is 35.5. The number of likely N-dealkylation sites (N-methyl/N-ethyl adjacent to an activating group) is 1. The lowest BCUT2D eigenvalue weighted by atomic mass is 10.1. The zero-order valence-electron chi connectivity index (χ0n) is 13.3. The standard InChI is InChI=1S/C16H21ClN4OS/c1-21(2)14(12-5-3-4-6-13(12)17)9-19-15(22)8-7-11-10-23-16(18)20-11/h3-6,10,14H,7-9H2,1-2H3,(H2,18,20)(H,19,22)/t14-/m1/s1. The Morgan fingerprint density at radius 1 is 1.43 bits per heavy atom. The topological polar surface area (TPSA) is 71.2 Å². The summed E-state index contributed by atoms with van der Waals surface area (Å²) in [5, 5.41) is 6.10. The number of thiazole rings is 1. The Labute approximate surface area is 145 Å². The van der Waals surface area contributed by atoms with E-state index in [0.717, 1.165) is 11.3 Å². The minimum absolute atomic E-state index is 0.00419. The summed E-state index contributed by atoms with van der Waals surface area (Å²) in [6, 6.07) is 7.73. The molecule has 0 aliphatic heterocycles. The van der Waals surface area contributed by atoms with Crippen LogP contribution in [0.4, 0.5) is 5.13 Å². The molecule has 5 nitrogen and oxygen atoms in total. The van der Waals surface area contributed by atoms with Crippen molar-refractivity contribution >= 4 is 34.0 Å². The largest absolute Gasteiger partial charge is 0.375 e. The maximum Gasteiger partial charge on any atom is 0.220 e. The molecule has 0 saturated carbocycles. The number of aromatic nitrogens is 1. The van der Waals surface area contributed by atoms with Crippen LogP contribution in [-0.4, -0.2) is 36.4 Å². The quantitative estimate of drug-likeness (QED) is 0.803. The van der Waals surface area contributed by atoms with E-state index in [1.54, 1.807) is 0 Å². The first kappa shape index (κ1) is 17.7. The normalized spacial score (nSPS) is 12.3. The number of amides is 1. The van der Waals surface area contributed by atoms with Crippen molar-refractivity contribution < 1.29 is 4.79 Å². The fraction of sp³-hybridized carbons (Fsp3) is 0.375. The highest BCUT2D eigenvalue weighted by Crippen LogP contribution is 2.25. The van der Waals surface area contributed by atoms with Crippen LogP contribution in [0.3, 0.4) is 0 Å². The lowest BCUT2D eigenvalue weighted by Crippen LogP contribution is -2.34. The Balaban J connectivity index is 1.89. The molecule has 0 aliphatic rings. The van der Waals surface area contributed by atoms with E-state index in [-0.39, 0.29) is 11.9 Å². The zero-order valence-corrected chi connectivity index (χ0v) is 14.8. The van der Waals surface area contributed by atoms with Gasteiger partial charge in [-0.15, -0.1) is 11.3 Å². The van der Waals surface area contributed by atoms with Gasteiger partial charge in [0.1, 0.15) is 0 Å². The second kappa shape index (κ2) is 8.29. The van der Waals surface area contributed by atoms with Gasteiger partial charge in [-0.05, 0) is 32.1 Å². The summed E-state index contributed by atoms with van der Waals surface area (Å²) in [5.41, 5.74) is 7.45. The third kappa shape index (κ3) is 5.20. The predicted octanol–water partition coefficient (Wildman–Crippen LogP) is 2.73.